The van der Waals surface area contributed by atoms with E-state index in [0.717, 1.165) is 75.2 Å². The number of fused-ring (bicyclic) bond motifs is 2. The van der Waals surface area contributed by atoms with Crippen molar-refractivity contribution < 1.29 is 14.7 Å². The SMILES string of the molecule is C=CCn1c(=O)c2cnc(Nc3ccc(N4CCC(NC5CCN(c6ccc(NC7CCC(=O)NC7=O)cc6)CC5)CC4)cc3)nc2n1-c1ccc2c(n1)[C@@](O)(CC)CC2. The van der Waals surface area contributed by atoms with Crippen LogP contribution in [0.3, 0.4) is 0 Å². The van der Waals surface area contributed by atoms with E-state index in [2.05, 4.69) is 66.9 Å². The number of pyridine rings is 1. The summed E-state index contributed by atoms with van der Waals surface area (Å²) >= 11 is 0. The fraction of sp³-hybridized carbons (Fsp3) is 0.422. The second-order valence-corrected chi connectivity index (χ2v) is 16.5. The average Bonchev–Trinajstić information content (AvgIpc) is 3.75. The molecule has 5 N–H and O–H groups in total. The van der Waals surface area contributed by atoms with Crippen LogP contribution in [0.25, 0.3) is 16.9 Å². The predicted octanol–water partition coefficient (Wildman–Crippen LogP) is 4.90. The Balaban J connectivity index is 0.780. The maximum atomic E-state index is 13.5. The molecule has 0 saturated carbocycles. The third-order valence-corrected chi connectivity index (χ3v) is 12.8. The second kappa shape index (κ2) is 16.5. The topological polar surface area (TPSA) is 175 Å². The molecule has 9 rings (SSSR count). The first kappa shape index (κ1) is 39.4. The average molecular weight is 812 g/mol. The van der Waals surface area contributed by atoms with Crippen LogP contribution in [0.4, 0.5) is 28.7 Å². The summed E-state index contributed by atoms with van der Waals surface area (Å²) in [6.07, 6.45) is 10.4. The number of aromatic nitrogens is 5. The van der Waals surface area contributed by atoms with Crippen LogP contribution in [-0.4, -0.2) is 85.5 Å². The van der Waals surface area contributed by atoms with Crippen LogP contribution in [0.5, 0.6) is 0 Å². The third-order valence-electron chi connectivity index (χ3n) is 12.8. The number of carbonyl (C=O) groups is 2. The smallest absolute Gasteiger partial charge is 0.278 e. The van der Waals surface area contributed by atoms with Crippen molar-refractivity contribution >= 4 is 51.5 Å². The number of piperidine rings is 3. The van der Waals surface area contributed by atoms with E-state index in [1.165, 1.54) is 11.4 Å². The summed E-state index contributed by atoms with van der Waals surface area (Å²) in [7, 11) is 0. The Morgan fingerprint density at radius 1 is 0.850 bits per heavy atom. The van der Waals surface area contributed by atoms with Gasteiger partial charge < -0.3 is 30.9 Å². The van der Waals surface area contributed by atoms with Crippen molar-refractivity contribution in [3.63, 3.8) is 0 Å². The largest absolute Gasteiger partial charge is 0.384 e. The Morgan fingerprint density at radius 3 is 2.12 bits per heavy atom. The first-order valence-corrected chi connectivity index (χ1v) is 21.3. The van der Waals surface area contributed by atoms with Gasteiger partial charge in [-0.1, -0.05) is 19.1 Å². The van der Waals surface area contributed by atoms with Crippen molar-refractivity contribution in [3.8, 4) is 5.82 Å². The molecule has 6 heterocycles. The van der Waals surface area contributed by atoms with Gasteiger partial charge in [0.25, 0.3) is 5.56 Å². The van der Waals surface area contributed by atoms with E-state index in [-0.39, 0.29) is 30.0 Å². The van der Waals surface area contributed by atoms with Crippen LogP contribution < -0.4 is 36.6 Å². The van der Waals surface area contributed by atoms with Crippen LogP contribution in [0.1, 0.15) is 69.5 Å². The maximum Gasteiger partial charge on any atom is 0.278 e. The number of anilines is 5. The van der Waals surface area contributed by atoms with E-state index in [1.807, 2.05) is 43.3 Å². The summed E-state index contributed by atoms with van der Waals surface area (Å²) in [5.74, 6) is 0.407. The molecule has 312 valence electrons. The fourth-order valence-electron chi connectivity index (χ4n) is 9.24. The molecule has 3 fully saturated rings. The van der Waals surface area contributed by atoms with Crippen molar-refractivity contribution in [1.82, 2.24) is 34.9 Å². The number of hydrogen-bond donors (Lipinski definition) is 5. The number of hydrogen-bond acceptors (Lipinski definition) is 12. The molecule has 2 atom stereocenters. The Hall–Kier alpha value is -6.06. The van der Waals surface area contributed by atoms with Gasteiger partial charge in [-0.25, -0.2) is 19.3 Å². The van der Waals surface area contributed by atoms with Crippen molar-refractivity contribution in [1.29, 1.82) is 0 Å². The van der Waals surface area contributed by atoms with Gasteiger partial charge in [-0.2, -0.15) is 4.98 Å². The zero-order valence-corrected chi connectivity index (χ0v) is 34.1. The van der Waals surface area contributed by atoms with Crippen LogP contribution >= 0.6 is 0 Å². The standard InChI is InChI=1S/C45H53N11O4/c1-3-23-55-43(59)36-28-46-44(52-41(36)56(55)38-15-5-29-17-22-45(60,4-2)40(29)50-38)49-31-8-12-35(13-9-31)54-26-20-33(21-27-54)47-32-18-24-53(25-19-32)34-10-6-30(7-11-34)48-37-14-16-39(57)51-42(37)58/h3,5-13,15,28,32-33,37,47-48,60H,1,4,14,16-27H2,2H3,(H,46,49,52)(H,51,57,58)/t37?,45-/m1/s1. The Bertz CT molecular complexity index is 2450. The van der Waals surface area contributed by atoms with E-state index in [1.54, 1.807) is 21.6 Å². The molecular formula is C45H53N11O4. The van der Waals surface area contributed by atoms with E-state index in [0.29, 0.717) is 66.3 Å². The van der Waals surface area contributed by atoms with Crippen molar-refractivity contribution in [3.05, 3.63) is 101 Å². The van der Waals surface area contributed by atoms with Crippen molar-refractivity contribution in [2.75, 3.05) is 46.6 Å². The summed E-state index contributed by atoms with van der Waals surface area (Å²) in [5, 5.41) is 24.6. The van der Waals surface area contributed by atoms with E-state index in [4.69, 9.17) is 9.97 Å². The van der Waals surface area contributed by atoms with Gasteiger partial charge in [-0.15, -0.1) is 6.58 Å². The first-order chi connectivity index (χ1) is 29.2. The third kappa shape index (κ3) is 7.86. The number of aliphatic hydroxyl groups is 1. The lowest BCUT2D eigenvalue weighted by molar-refractivity contribution is -0.133. The molecule has 0 spiro atoms. The van der Waals surface area contributed by atoms with Gasteiger partial charge in [0, 0.05) is 73.6 Å². The predicted molar refractivity (Wildman–Crippen MR) is 233 cm³/mol. The van der Waals surface area contributed by atoms with E-state index in [9.17, 15) is 19.5 Å². The van der Waals surface area contributed by atoms with Crippen LogP contribution in [0, 0.1) is 0 Å². The highest BCUT2D eigenvalue weighted by Crippen LogP contribution is 2.38. The monoisotopic (exact) mass is 811 g/mol. The van der Waals surface area contributed by atoms with Crippen LogP contribution in [0.15, 0.2) is 84.3 Å². The highest BCUT2D eigenvalue weighted by Gasteiger charge is 2.37. The number of nitrogens with one attached hydrogen (secondary N) is 4. The fourth-order valence-corrected chi connectivity index (χ4v) is 9.24. The summed E-state index contributed by atoms with van der Waals surface area (Å²) in [6, 6.07) is 21.1. The molecule has 2 amide bonds. The number of amides is 2. The van der Waals surface area contributed by atoms with Gasteiger partial charge in [0.05, 0.1) is 12.2 Å². The van der Waals surface area contributed by atoms with Crippen LogP contribution in [-0.2, 0) is 28.2 Å². The molecule has 3 aromatic heterocycles. The summed E-state index contributed by atoms with van der Waals surface area (Å²) in [5.41, 5.74) is 4.97. The molecule has 1 aliphatic carbocycles. The van der Waals surface area contributed by atoms with Gasteiger partial charge >= 0.3 is 0 Å². The lowest BCUT2D eigenvalue weighted by Gasteiger charge is -2.39. The minimum atomic E-state index is -0.989. The quantitative estimate of drug-likeness (QED) is 0.0854. The first-order valence-electron chi connectivity index (χ1n) is 21.3. The van der Waals surface area contributed by atoms with Crippen molar-refractivity contribution in [2.24, 2.45) is 0 Å². The lowest BCUT2D eigenvalue weighted by atomic mass is 9.98. The lowest BCUT2D eigenvalue weighted by Crippen LogP contribution is -2.50. The zero-order chi connectivity index (χ0) is 41.4. The number of nitrogens with zero attached hydrogens (tertiary/aromatic N) is 7. The number of aryl methyl sites for hydroxylation is 1. The Morgan fingerprint density at radius 2 is 1.50 bits per heavy atom. The molecule has 3 aliphatic heterocycles. The minimum Gasteiger partial charge on any atom is -0.384 e. The molecule has 2 aromatic carbocycles. The number of benzene rings is 2. The van der Waals surface area contributed by atoms with Gasteiger partial charge in [0.1, 0.15) is 17.0 Å². The van der Waals surface area contributed by atoms with Gasteiger partial charge in [-0.3, -0.25) is 19.7 Å². The molecule has 15 nitrogen and oxygen atoms in total. The zero-order valence-electron chi connectivity index (χ0n) is 34.1. The molecule has 1 unspecified atom stereocenters. The molecule has 15 heteroatoms. The molecule has 0 radical (unpaired) electrons. The highest BCUT2D eigenvalue weighted by atomic mass is 16.3. The number of carbonyl (C=O) groups excluding carboxylic acids is 2. The second-order valence-electron chi connectivity index (χ2n) is 16.5. The normalized spacial score (nSPS) is 21.3. The summed E-state index contributed by atoms with van der Waals surface area (Å²) in [6.45, 7) is 10.0. The summed E-state index contributed by atoms with van der Waals surface area (Å²) in [4.78, 5) is 56.2. The molecule has 4 aliphatic rings. The molecule has 5 aromatic rings. The summed E-state index contributed by atoms with van der Waals surface area (Å²) < 4.78 is 3.26. The number of rotatable bonds is 12. The van der Waals surface area contributed by atoms with Crippen LogP contribution in [0.2, 0.25) is 0 Å². The van der Waals surface area contributed by atoms with E-state index < -0.39 is 5.60 Å². The highest BCUT2D eigenvalue weighted by molar-refractivity contribution is 6.01. The number of allylic oxidation sites excluding steroid dienone is 1. The van der Waals surface area contributed by atoms with Crippen molar-refractivity contribution in [2.45, 2.75) is 95.0 Å². The van der Waals surface area contributed by atoms with Gasteiger partial charge in [0.15, 0.2) is 11.5 Å². The molecule has 3 saturated heterocycles. The molecule has 60 heavy (non-hydrogen) atoms. The molecular weight excluding hydrogens is 759 g/mol. The van der Waals surface area contributed by atoms with Gasteiger partial charge in [-0.05, 0) is 112 Å². The maximum absolute atomic E-state index is 13.5. The van der Waals surface area contributed by atoms with Gasteiger partial charge in [0.2, 0.25) is 17.8 Å². The number of imide groups is 1. The molecule has 0 bridgehead atoms. The van der Waals surface area contributed by atoms with E-state index >= 15 is 0 Å². The Labute approximate surface area is 348 Å². The Kier molecular flexibility index (Phi) is 10.9. The minimum absolute atomic E-state index is 0.207.